The average molecular weight is 202 g/mol. The van der Waals surface area contributed by atoms with Crippen LogP contribution in [-0.2, 0) is 13.5 Å². The van der Waals surface area contributed by atoms with Gasteiger partial charge in [0.15, 0.2) is 5.82 Å². The van der Waals surface area contributed by atoms with Gasteiger partial charge in [0, 0.05) is 32.1 Å². The summed E-state index contributed by atoms with van der Waals surface area (Å²) in [5.41, 5.74) is 0.870. The zero-order chi connectivity index (χ0) is 10.7. The van der Waals surface area contributed by atoms with Crippen LogP contribution in [0.25, 0.3) is 0 Å². The van der Waals surface area contributed by atoms with E-state index in [2.05, 4.69) is 15.1 Å². The van der Waals surface area contributed by atoms with Crippen molar-refractivity contribution in [3.05, 3.63) is 42.2 Å². The third kappa shape index (κ3) is 2.25. The summed E-state index contributed by atoms with van der Waals surface area (Å²) in [5, 5.41) is 3.99. The van der Waals surface area contributed by atoms with Crippen molar-refractivity contribution >= 4 is 5.78 Å². The lowest BCUT2D eigenvalue weighted by molar-refractivity contribution is 0.0983. The zero-order valence-corrected chi connectivity index (χ0v) is 8.29. The van der Waals surface area contributed by atoms with Gasteiger partial charge in [0.25, 0.3) is 0 Å². The van der Waals surface area contributed by atoms with Gasteiger partial charge in [-0.1, -0.05) is 0 Å². The number of carbonyl (C=O) groups is 1. The van der Waals surface area contributed by atoms with Gasteiger partial charge >= 0.3 is 0 Å². The van der Waals surface area contributed by atoms with Gasteiger partial charge in [-0.15, -0.1) is 0 Å². The Labute approximate surface area is 86.8 Å². The summed E-state index contributed by atoms with van der Waals surface area (Å²) in [6, 6.07) is 1.68. The number of aryl methyl sites for hydroxylation is 1. The Hall–Kier alpha value is -2.04. The van der Waals surface area contributed by atoms with Crippen LogP contribution in [0.4, 0.5) is 0 Å². The van der Waals surface area contributed by atoms with Crippen molar-refractivity contribution in [3.63, 3.8) is 0 Å². The highest BCUT2D eigenvalue weighted by Gasteiger charge is 2.10. The molecule has 0 saturated heterocycles. The molecule has 0 aliphatic rings. The van der Waals surface area contributed by atoms with E-state index in [1.807, 2.05) is 7.05 Å². The Morgan fingerprint density at radius 2 is 2.13 bits per heavy atom. The van der Waals surface area contributed by atoms with Crippen LogP contribution in [0, 0.1) is 0 Å². The molecule has 0 amide bonds. The summed E-state index contributed by atoms with van der Waals surface area (Å²) < 4.78 is 1.66. The summed E-state index contributed by atoms with van der Waals surface area (Å²) in [4.78, 5) is 19.4. The van der Waals surface area contributed by atoms with Gasteiger partial charge in [-0.25, -0.2) is 9.97 Å². The molecule has 0 aromatic carbocycles. The van der Waals surface area contributed by atoms with Crippen LogP contribution in [0.3, 0.4) is 0 Å². The standard InChI is InChI=1S/C10H10N4O/c1-14-7-8(6-13-14)5-9(15)10-11-3-2-4-12-10/h2-4,6-7H,5H2,1H3. The van der Waals surface area contributed by atoms with Crippen molar-refractivity contribution in [2.75, 3.05) is 0 Å². The second kappa shape index (κ2) is 4.00. The highest BCUT2D eigenvalue weighted by molar-refractivity contribution is 5.93. The number of aromatic nitrogens is 4. The van der Waals surface area contributed by atoms with Gasteiger partial charge in [-0.2, -0.15) is 5.10 Å². The predicted octanol–water partition coefficient (Wildman–Crippen LogP) is 0.635. The number of Topliss-reactive ketones (excluding diaryl/α,β-unsaturated/α-hetero) is 1. The highest BCUT2D eigenvalue weighted by atomic mass is 16.1. The normalized spacial score (nSPS) is 10.2. The topological polar surface area (TPSA) is 60.7 Å². The number of hydrogen-bond donors (Lipinski definition) is 0. The Morgan fingerprint density at radius 1 is 1.40 bits per heavy atom. The van der Waals surface area contributed by atoms with Crippen LogP contribution >= 0.6 is 0 Å². The third-order valence-corrected chi connectivity index (χ3v) is 1.94. The number of carbonyl (C=O) groups excluding carboxylic acids is 1. The molecule has 2 aromatic rings. The number of nitrogens with zero attached hydrogens (tertiary/aromatic N) is 4. The molecule has 0 N–H and O–H groups in total. The summed E-state index contributed by atoms with van der Waals surface area (Å²) >= 11 is 0. The molecule has 76 valence electrons. The molecule has 0 bridgehead atoms. The Bertz CT molecular complexity index is 463. The molecule has 2 aromatic heterocycles. The van der Waals surface area contributed by atoms with Crippen LogP contribution in [-0.4, -0.2) is 25.5 Å². The smallest absolute Gasteiger partial charge is 0.204 e. The van der Waals surface area contributed by atoms with Gasteiger partial charge in [-0.3, -0.25) is 9.48 Å². The number of ketones is 1. The minimum Gasteiger partial charge on any atom is -0.290 e. The van der Waals surface area contributed by atoms with Crippen molar-refractivity contribution in [3.8, 4) is 0 Å². The predicted molar refractivity (Wildman–Crippen MR) is 53.3 cm³/mol. The van der Waals surface area contributed by atoms with Gasteiger partial charge < -0.3 is 0 Å². The van der Waals surface area contributed by atoms with E-state index < -0.39 is 0 Å². The lowest BCUT2D eigenvalue weighted by atomic mass is 10.2. The lowest BCUT2D eigenvalue weighted by Gasteiger charge is -1.95. The molecular formula is C10H10N4O. The van der Waals surface area contributed by atoms with E-state index in [1.54, 1.807) is 35.5 Å². The second-order valence-corrected chi connectivity index (χ2v) is 3.19. The molecule has 0 spiro atoms. The first kappa shape index (κ1) is 9.51. The summed E-state index contributed by atoms with van der Waals surface area (Å²) in [5.74, 6) is 0.157. The highest BCUT2D eigenvalue weighted by Crippen LogP contribution is 2.02. The molecule has 5 heteroatoms. The van der Waals surface area contributed by atoms with Gasteiger partial charge in [0.2, 0.25) is 5.78 Å². The monoisotopic (exact) mass is 202 g/mol. The average Bonchev–Trinajstić information content (AvgIpc) is 2.65. The molecule has 0 aliphatic carbocycles. The van der Waals surface area contributed by atoms with E-state index in [0.717, 1.165) is 5.56 Å². The van der Waals surface area contributed by atoms with Gasteiger partial charge in [0.1, 0.15) is 0 Å². The quantitative estimate of drug-likeness (QED) is 0.685. The first-order valence-corrected chi connectivity index (χ1v) is 4.53. The van der Waals surface area contributed by atoms with E-state index in [1.165, 1.54) is 0 Å². The Balaban J connectivity index is 2.11. The molecule has 0 saturated carbocycles. The molecule has 0 aliphatic heterocycles. The third-order valence-electron chi connectivity index (χ3n) is 1.94. The molecule has 0 atom stereocenters. The molecular weight excluding hydrogens is 192 g/mol. The van der Waals surface area contributed by atoms with E-state index in [-0.39, 0.29) is 18.0 Å². The van der Waals surface area contributed by atoms with E-state index in [0.29, 0.717) is 0 Å². The lowest BCUT2D eigenvalue weighted by Crippen LogP contribution is -2.07. The fraction of sp³-hybridized carbons (Fsp3) is 0.200. The minimum absolute atomic E-state index is 0.0939. The van der Waals surface area contributed by atoms with Crippen molar-refractivity contribution in [2.24, 2.45) is 7.05 Å². The molecule has 0 unspecified atom stereocenters. The largest absolute Gasteiger partial charge is 0.290 e. The van der Waals surface area contributed by atoms with E-state index in [4.69, 9.17) is 0 Å². The minimum atomic E-state index is -0.0939. The maximum atomic E-state index is 11.7. The van der Waals surface area contributed by atoms with E-state index >= 15 is 0 Å². The maximum Gasteiger partial charge on any atom is 0.204 e. The van der Waals surface area contributed by atoms with Crippen molar-refractivity contribution < 1.29 is 4.79 Å². The summed E-state index contributed by atoms with van der Waals surface area (Å²) in [7, 11) is 1.81. The summed E-state index contributed by atoms with van der Waals surface area (Å²) in [6.07, 6.45) is 6.88. The van der Waals surface area contributed by atoms with Crippen LogP contribution in [0.1, 0.15) is 16.2 Å². The van der Waals surface area contributed by atoms with Crippen molar-refractivity contribution in [1.82, 2.24) is 19.7 Å². The number of hydrogen-bond acceptors (Lipinski definition) is 4. The first-order chi connectivity index (χ1) is 7.25. The maximum absolute atomic E-state index is 11.7. The van der Waals surface area contributed by atoms with E-state index in [9.17, 15) is 4.79 Å². The summed E-state index contributed by atoms with van der Waals surface area (Å²) in [6.45, 7) is 0. The molecule has 15 heavy (non-hydrogen) atoms. The first-order valence-electron chi connectivity index (χ1n) is 4.53. The number of rotatable bonds is 3. The van der Waals surface area contributed by atoms with Crippen molar-refractivity contribution in [2.45, 2.75) is 6.42 Å². The SMILES string of the molecule is Cn1cc(CC(=O)c2ncccn2)cn1. The Kier molecular flexibility index (Phi) is 2.53. The molecule has 5 nitrogen and oxygen atoms in total. The van der Waals surface area contributed by atoms with Crippen molar-refractivity contribution in [1.29, 1.82) is 0 Å². The second-order valence-electron chi connectivity index (χ2n) is 3.19. The molecule has 2 heterocycles. The Morgan fingerprint density at radius 3 is 2.73 bits per heavy atom. The van der Waals surface area contributed by atoms with Crippen LogP contribution < -0.4 is 0 Å². The van der Waals surface area contributed by atoms with Crippen LogP contribution in [0.15, 0.2) is 30.9 Å². The fourth-order valence-electron chi connectivity index (χ4n) is 1.27. The molecule has 0 radical (unpaired) electrons. The fourth-order valence-corrected chi connectivity index (χ4v) is 1.27. The molecule has 2 rings (SSSR count). The van der Waals surface area contributed by atoms with Crippen LogP contribution in [0.2, 0.25) is 0 Å². The van der Waals surface area contributed by atoms with Crippen LogP contribution in [0.5, 0.6) is 0 Å². The zero-order valence-electron chi connectivity index (χ0n) is 8.29. The van der Waals surface area contributed by atoms with Gasteiger partial charge in [0.05, 0.1) is 6.20 Å². The van der Waals surface area contributed by atoms with Gasteiger partial charge in [-0.05, 0) is 11.6 Å². The molecule has 0 fully saturated rings.